The summed E-state index contributed by atoms with van der Waals surface area (Å²) in [4.78, 5) is 14.2. The van der Waals surface area contributed by atoms with Gasteiger partial charge in [0.1, 0.15) is 17.5 Å². The monoisotopic (exact) mass is 431 g/mol. The molecule has 1 saturated heterocycles. The quantitative estimate of drug-likeness (QED) is 0.356. The van der Waals surface area contributed by atoms with E-state index in [0.29, 0.717) is 45.4 Å². The molecule has 8 heteroatoms. The van der Waals surface area contributed by atoms with Gasteiger partial charge in [0.25, 0.3) is 5.91 Å². The van der Waals surface area contributed by atoms with Crippen molar-refractivity contribution in [2.24, 2.45) is 0 Å². The van der Waals surface area contributed by atoms with Crippen molar-refractivity contribution >= 4 is 40.3 Å². The van der Waals surface area contributed by atoms with Gasteiger partial charge in [-0.3, -0.25) is 9.69 Å². The Hall–Kier alpha value is -2.71. The van der Waals surface area contributed by atoms with Crippen LogP contribution in [0.4, 0.5) is 0 Å². The van der Waals surface area contributed by atoms with Crippen LogP contribution in [0.25, 0.3) is 6.08 Å². The fourth-order valence-electron chi connectivity index (χ4n) is 2.63. The van der Waals surface area contributed by atoms with E-state index >= 15 is 0 Å². The summed E-state index contributed by atoms with van der Waals surface area (Å²) in [6, 6.07) is 12.9. The van der Waals surface area contributed by atoms with Gasteiger partial charge in [-0.2, -0.15) is 0 Å². The summed E-state index contributed by atoms with van der Waals surface area (Å²) in [7, 11) is 4.84. The second-order valence-corrected chi connectivity index (χ2v) is 7.67. The highest BCUT2D eigenvalue weighted by Gasteiger charge is 2.28. The second-order valence-electron chi connectivity index (χ2n) is 6.00. The molecular formula is C21H21NO5S2. The topological polar surface area (TPSA) is 57.2 Å². The lowest BCUT2D eigenvalue weighted by Crippen LogP contribution is -2.22. The van der Waals surface area contributed by atoms with Crippen molar-refractivity contribution < 1.29 is 23.7 Å². The molecule has 0 bridgehead atoms. The number of ether oxygens (including phenoxy) is 4. The van der Waals surface area contributed by atoms with E-state index in [1.165, 1.54) is 16.7 Å². The predicted molar refractivity (Wildman–Crippen MR) is 118 cm³/mol. The minimum atomic E-state index is -0.104. The molecule has 3 rings (SSSR count). The molecule has 2 aromatic rings. The van der Waals surface area contributed by atoms with Gasteiger partial charge in [0, 0.05) is 7.05 Å². The summed E-state index contributed by atoms with van der Waals surface area (Å²) in [5.74, 6) is 2.40. The maximum Gasteiger partial charge on any atom is 0.265 e. The predicted octanol–water partition coefficient (Wildman–Crippen LogP) is 3.99. The number of thiocarbonyl (C=S) groups is 1. The molecule has 1 aliphatic rings. The minimum absolute atomic E-state index is 0.104. The Morgan fingerprint density at radius 1 is 0.966 bits per heavy atom. The number of hydrogen-bond acceptors (Lipinski definition) is 7. The van der Waals surface area contributed by atoms with Crippen LogP contribution in [0.1, 0.15) is 5.56 Å². The molecule has 1 fully saturated rings. The van der Waals surface area contributed by atoms with Crippen LogP contribution in [0.2, 0.25) is 0 Å². The van der Waals surface area contributed by atoms with E-state index in [2.05, 4.69) is 0 Å². The highest BCUT2D eigenvalue weighted by molar-refractivity contribution is 8.26. The molecule has 6 nitrogen and oxygen atoms in total. The van der Waals surface area contributed by atoms with E-state index < -0.39 is 0 Å². The van der Waals surface area contributed by atoms with Gasteiger partial charge in [-0.15, -0.1) is 0 Å². The fourth-order valence-corrected chi connectivity index (χ4v) is 3.81. The van der Waals surface area contributed by atoms with Gasteiger partial charge in [0.2, 0.25) is 0 Å². The Labute approximate surface area is 179 Å². The summed E-state index contributed by atoms with van der Waals surface area (Å²) < 4.78 is 22.7. The molecule has 0 aliphatic carbocycles. The van der Waals surface area contributed by atoms with Crippen LogP contribution in [0, 0.1) is 0 Å². The van der Waals surface area contributed by atoms with E-state index in [0.717, 1.165) is 5.56 Å². The molecule has 0 aromatic heterocycles. The summed E-state index contributed by atoms with van der Waals surface area (Å²) in [6.07, 6.45) is 1.79. The molecule has 0 unspecified atom stereocenters. The van der Waals surface area contributed by atoms with Crippen molar-refractivity contribution in [3.8, 4) is 23.0 Å². The van der Waals surface area contributed by atoms with Gasteiger partial charge >= 0.3 is 0 Å². The summed E-state index contributed by atoms with van der Waals surface area (Å²) in [5.41, 5.74) is 0.827. The van der Waals surface area contributed by atoms with E-state index in [9.17, 15) is 4.79 Å². The lowest BCUT2D eigenvalue weighted by Gasteiger charge is -2.13. The summed E-state index contributed by atoms with van der Waals surface area (Å²) in [6.45, 7) is 0.687. The van der Waals surface area contributed by atoms with Crippen molar-refractivity contribution in [3.63, 3.8) is 0 Å². The molecule has 1 aliphatic heterocycles. The number of methoxy groups -OCH3 is 2. The van der Waals surface area contributed by atoms with Gasteiger partial charge in [-0.1, -0.05) is 42.2 Å². The molecule has 0 radical (unpaired) electrons. The van der Waals surface area contributed by atoms with Crippen LogP contribution in [0.3, 0.4) is 0 Å². The second kappa shape index (κ2) is 9.67. The number of nitrogens with zero attached hydrogens (tertiary/aromatic N) is 1. The van der Waals surface area contributed by atoms with E-state index in [-0.39, 0.29) is 5.91 Å². The van der Waals surface area contributed by atoms with Crippen LogP contribution in [-0.2, 0) is 4.79 Å². The first-order valence-electron chi connectivity index (χ1n) is 8.81. The largest absolute Gasteiger partial charge is 0.493 e. The molecule has 0 atom stereocenters. The standard InChI is InChI=1S/C21H21NO5S2/c1-22-20(23)19(29-21(22)28)13-14-8-9-17(18(12-14)25-3)27-11-10-26-16-7-5-4-6-15(16)24-2/h4-9,12-13H,10-11H2,1-3H3/b19-13-. The first-order chi connectivity index (χ1) is 14.0. The van der Waals surface area contributed by atoms with Gasteiger partial charge in [-0.05, 0) is 35.9 Å². The van der Waals surface area contributed by atoms with Gasteiger partial charge in [0.15, 0.2) is 23.0 Å². The normalized spacial score (nSPS) is 15.0. The minimum Gasteiger partial charge on any atom is -0.493 e. The molecule has 1 heterocycles. The van der Waals surface area contributed by atoms with Gasteiger partial charge in [-0.25, -0.2) is 0 Å². The highest BCUT2D eigenvalue weighted by atomic mass is 32.2. The Morgan fingerprint density at radius 3 is 2.17 bits per heavy atom. The van der Waals surface area contributed by atoms with Crippen LogP contribution in [0.5, 0.6) is 23.0 Å². The zero-order chi connectivity index (χ0) is 20.8. The Kier molecular flexibility index (Phi) is 7.00. The third-order valence-corrected chi connectivity index (χ3v) is 5.62. The Bertz CT molecular complexity index is 944. The summed E-state index contributed by atoms with van der Waals surface area (Å²) >= 11 is 6.44. The zero-order valence-electron chi connectivity index (χ0n) is 16.3. The molecule has 152 valence electrons. The van der Waals surface area contributed by atoms with Crippen LogP contribution < -0.4 is 18.9 Å². The number of hydrogen-bond donors (Lipinski definition) is 0. The van der Waals surface area contributed by atoms with Gasteiger partial charge in [0.05, 0.1) is 19.1 Å². The van der Waals surface area contributed by atoms with E-state index in [1.54, 1.807) is 33.4 Å². The number of amides is 1. The number of carbonyl (C=O) groups excluding carboxylic acids is 1. The average Bonchev–Trinajstić information content (AvgIpc) is 2.98. The highest BCUT2D eigenvalue weighted by Crippen LogP contribution is 2.34. The van der Waals surface area contributed by atoms with Crippen molar-refractivity contribution in [3.05, 3.63) is 52.9 Å². The summed E-state index contributed by atoms with van der Waals surface area (Å²) in [5, 5.41) is 0. The fraction of sp³-hybridized carbons (Fsp3) is 0.238. The maximum absolute atomic E-state index is 12.1. The maximum atomic E-state index is 12.1. The molecule has 29 heavy (non-hydrogen) atoms. The lowest BCUT2D eigenvalue weighted by molar-refractivity contribution is -0.121. The van der Waals surface area contributed by atoms with Crippen molar-refractivity contribution in [2.45, 2.75) is 0 Å². The Morgan fingerprint density at radius 2 is 1.59 bits per heavy atom. The lowest BCUT2D eigenvalue weighted by atomic mass is 10.2. The van der Waals surface area contributed by atoms with Crippen LogP contribution in [0.15, 0.2) is 47.4 Å². The number of carbonyl (C=O) groups is 1. The van der Waals surface area contributed by atoms with Crippen molar-refractivity contribution in [1.29, 1.82) is 0 Å². The van der Waals surface area contributed by atoms with Crippen molar-refractivity contribution in [1.82, 2.24) is 4.90 Å². The Balaban J connectivity index is 1.62. The number of likely N-dealkylation sites (N-methyl/N-ethyl adjacent to an activating group) is 1. The number of rotatable bonds is 8. The van der Waals surface area contributed by atoms with Crippen molar-refractivity contribution in [2.75, 3.05) is 34.5 Å². The first kappa shape index (κ1) is 21.0. The first-order valence-corrected chi connectivity index (χ1v) is 10.0. The molecule has 0 saturated carbocycles. The third kappa shape index (κ3) is 5.02. The SMILES string of the molecule is COc1ccccc1OCCOc1ccc(/C=C2\SC(=S)N(C)C2=O)cc1OC. The zero-order valence-corrected chi connectivity index (χ0v) is 18.0. The molecule has 1 amide bonds. The smallest absolute Gasteiger partial charge is 0.265 e. The molecule has 0 spiro atoms. The van der Waals surface area contributed by atoms with Crippen LogP contribution >= 0.6 is 24.0 Å². The van der Waals surface area contributed by atoms with Crippen LogP contribution in [-0.4, -0.2) is 49.6 Å². The number of thioether (sulfide) groups is 1. The van der Waals surface area contributed by atoms with E-state index in [4.69, 9.17) is 31.2 Å². The van der Waals surface area contributed by atoms with E-state index in [1.807, 2.05) is 36.4 Å². The number of para-hydroxylation sites is 2. The molecular weight excluding hydrogens is 410 g/mol. The molecule has 0 N–H and O–H groups in total. The number of benzene rings is 2. The average molecular weight is 432 g/mol. The molecule has 2 aromatic carbocycles. The third-order valence-electron chi connectivity index (χ3n) is 4.14. The van der Waals surface area contributed by atoms with Gasteiger partial charge < -0.3 is 18.9 Å².